The van der Waals surface area contributed by atoms with Crippen molar-refractivity contribution in [1.29, 1.82) is 0 Å². The Hall–Kier alpha value is -2.69. The predicted octanol–water partition coefficient (Wildman–Crippen LogP) is 3.79. The van der Waals surface area contributed by atoms with Gasteiger partial charge in [0.05, 0.1) is 4.90 Å². The predicted molar refractivity (Wildman–Crippen MR) is 102 cm³/mol. The minimum Gasteiger partial charge on any atom is -0.305 e. The third kappa shape index (κ3) is 5.07. The van der Waals surface area contributed by atoms with E-state index in [0.717, 1.165) is 12.5 Å². The van der Waals surface area contributed by atoms with Crippen molar-refractivity contribution < 1.29 is 30.8 Å². The number of nitrogens with one attached hydrogen (secondary N) is 1. The lowest BCUT2D eigenvalue weighted by atomic mass is 9.98. The summed E-state index contributed by atoms with van der Waals surface area (Å²) >= 11 is 0. The van der Waals surface area contributed by atoms with Gasteiger partial charge in [-0.1, -0.05) is 18.2 Å². The summed E-state index contributed by atoms with van der Waals surface area (Å²) in [5, 5.41) is 5.92. The Morgan fingerprint density at radius 3 is 2.27 bits per heavy atom. The van der Waals surface area contributed by atoms with Crippen molar-refractivity contribution >= 4 is 27.1 Å². The highest BCUT2D eigenvalue weighted by molar-refractivity contribution is 7.90. The number of nitrogens with zero attached hydrogens (tertiary/aromatic N) is 2. The summed E-state index contributed by atoms with van der Waals surface area (Å²) in [5.74, 6) is -1.40. The molecule has 1 aliphatic carbocycles. The van der Waals surface area contributed by atoms with Crippen LogP contribution in [-0.4, -0.2) is 42.7 Å². The summed E-state index contributed by atoms with van der Waals surface area (Å²) in [6, 6.07) is 6.59. The highest BCUT2D eigenvalue weighted by atomic mass is 32.2. The van der Waals surface area contributed by atoms with Crippen LogP contribution >= 0.6 is 0 Å². The van der Waals surface area contributed by atoms with Crippen LogP contribution in [0, 0.1) is 5.92 Å². The summed E-state index contributed by atoms with van der Waals surface area (Å²) in [7, 11) is -3.46. The average molecular weight is 445 g/mol. The van der Waals surface area contributed by atoms with E-state index in [0.29, 0.717) is 10.2 Å². The minimum atomic E-state index is -3.46. The van der Waals surface area contributed by atoms with Gasteiger partial charge in [-0.05, 0) is 36.5 Å². The van der Waals surface area contributed by atoms with E-state index in [4.69, 9.17) is 0 Å². The zero-order valence-corrected chi connectivity index (χ0v) is 16.6. The molecule has 2 atom stereocenters. The summed E-state index contributed by atoms with van der Waals surface area (Å²) in [4.78, 5) is 12.8. The van der Waals surface area contributed by atoms with Gasteiger partial charge < -0.3 is 5.32 Å². The van der Waals surface area contributed by atoms with Crippen molar-refractivity contribution in [1.82, 2.24) is 9.78 Å². The molecule has 0 radical (unpaired) electrons. The number of hydrogen-bond donors (Lipinski definition) is 1. The Morgan fingerprint density at radius 2 is 1.77 bits per heavy atom. The van der Waals surface area contributed by atoms with Gasteiger partial charge in [-0.25, -0.2) is 21.9 Å². The maximum absolute atomic E-state index is 13.6. The zero-order chi connectivity index (χ0) is 22.1. The molecular formula is C19H19F4N3O3S. The number of rotatable bonds is 6. The number of carbonyl (C=O) groups excluding carboxylic acids is 1. The third-order valence-electron chi connectivity index (χ3n) is 4.74. The van der Waals surface area contributed by atoms with Gasteiger partial charge in [0, 0.05) is 24.1 Å². The summed E-state index contributed by atoms with van der Waals surface area (Å²) in [6.07, 6.45) is -0.0238. The van der Waals surface area contributed by atoms with Crippen molar-refractivity contribution in [2.45, 2.75) is 36.6 Å². The molecule has 3 rings (SSSR count). The van der Waals surface area contributed by atoms with Crippen LogP contribution in [0.2, 0.25) is 0 Å². The lowest BCUT2D eigenvalue weighted by Gasteiger charge is -2.11. The first kappa shape index (κ1) is 22.0. The second-order valence-electron chi connectivity index (χ2n) is 7.05. The Kier molecular flexibility index (Phi) is 6.30. The molecule has 1 fully saturated rings. The number of halogens is 4. The molecule has 0 bridgehead atoms. The molecule has 0 spiro atoms. The lowest BCUT2D eigenvalue weighted by molar-refractivity contribution is -0.111. The maximum atomic E-state index is 13.6. The summed E-state index contributed by atoms with van der Waals surface area (Å²) in [6.45, 7) is -2.88. The Bertz CT molecular complexity index is 1040. The van der Waals surface area contributed by atoms with Crippen LogP contribution in [0.4, 0.5) is 23.4 Å². The monoisotopic (exact) mass is 445 g/mol. The highest BCUT2D eigenvalue weighted by Crippen LogP contribution is 2.34. The molecule has 0 aliphatic heterocycles. The van der Waals surface area contributed by atoms with E-state index >= 15 is 0 Å². The molecule has 1 amide bonds. The Balaban J connectivity index is 1.91. The van der Waals surface area contributed by atoms with Crippen LogP contribution in [0.3, 0.4) is 0 Å². The first-order valence-electron chi connectivity index (χ1n) is 8.99. The molecule has 1 aliphatic rings. The van der Waals surface area contributed by atoms with E-state index in [-0.39, 0.29) is 29.1 Å². The van der Waals surface area contributed by atoms with Gasteiger partial charge in [0.25, 0.3) is 5.91 Å². The van der Waals surface area contributed by atoms with Crippen LogP contribution in [-0.2, 0) is 14.6 Å². The van der Waals surface area contributed by atoms with Gasteiger partial charge in [0.1, 0.15) is 12.3 Å². The smallest absolute Gasteiger partial charge is 0.305 e. The summed E-state index contributed by atoms with van der Waals surface area (Å²) < 4.78 is 76.2. The van der Waals surface area contributed by atoms with E-state index in [1.165, 1.54) is 36.4 Å². The van der Waals surface area contributed by atoms with Crippen molar-refractivity contribution in [3.8, 4) is 0 Å². The Labute approximate surface area is 170 Å². The first-order valence-corrected chi connectivity index (χ1v) is 10.9. The molecule has 1 saturated carbocycles. The fraction of sp³-hybridized carbons (Fsp3) is 0.368. The first-order chi connectivity index (χ1) is 14.0. The van der Waals surface area contributed by atoms with Crippen LogP contribution < -0.4 is 5.32 Å². The second kappa shape index (κ2) is 8.58. The standard InChI is InChI=1S/C19H19F4N3O3S/c1-30(28,29)13-4-2-12(3-5-13)14(8-11-9-15(20)16(21)10-11)18(27)24-17-6-7-26(25-17)19(22)23/h2-8,11,15-16,19H,9-10H2,1H3,(H,24,25,27)/b14-8+. The molecule has 0 saturated heterocycles. The van der Waals surface area contributed by atoms with E-state index in [9.17, 15) is 30.8 Å². The van der Waals surface area contributed by atoms with Gasteiger partial charge in [-0.3, -0.25) is 4.79 Å². The largest absolute Gasteiger partial charge is 0.333 e. The van der Waals surface area contributed by atoms with E-state index in [2.05, 4.69) is 10.4 Å². The molecule has 162 valence electrons. The molecule has 1 aromatic heterocycles. The number of amides is 1. The second-order valence-corrected chi connectivity index (χ2v) is 9.07. The van der Waals surface area contributed by atoms with Crippen molar-refractivity contribution in [3.05, 3.63) is 48.2 Å². The van der Waals surface area contributed by atoms with E-state index in [1.807, 2.05) is 0 Å². The molecule has 30 heavy (non-hydrogen) atoms. The van der Waals surface area contributed by atoms with E-state index in [1.54, 1.807) is 0 Å². The molecule has 2 unspecified atom stereocenters. The summed E-state index contributed by atoms with van der Waals surface area (Å²) in [5.41, 5.74) is 0.346. The number of anilines is 1. The normalized spacial score (nSPS) is 22.5. The fourth-order valence-electron chi connectivity index (χ4n) is 3.22. The topological polar surface area (TPSA) is 81.1 Å². The number of sulfone groups is 1. The molecule has 1 aromatic carbocycles. The number of alkyl halides is 4. The molecular weight excluding hydrogens is 426 g/mol. The third-order valence-corrected chi connectivity index (χ3v) is 5.87. The average Bonchev–Trinajstić information content (AvgIpc) is 3.25. The molecule has 6 nitrogen and oxygen atoms in total. The Morgan fingerprint density at radius 1 is 1.17 bits per heavy atom. The van der Waals surface area contributed by atoms with Gasteiger partial charge in [-0.2, -0.15) is 13.9 Å². The van der Waals surface area contributed by atoms with Crippen LogP contribution in [0.25, 0.3) is 5.57 Å². The highest BCUT2D eigenvalue weighted by Gasteiger charge is 2.34. The SMILES string of the molecule is CS(=O)(=O)c1ccc(/C(=C\C2CC(F)C(F)C2)C(=O)Nc2ccn(C(F)F)n2)cc1. The van der Waals surface area contributed by atoms with Crippen LogP contribution in [0.5, 0.6) is 0 Å². The van der Waals surface area contributed by atoms with Crippen molar-refractivity contribution in [2.24, 2.45) is 5.92 Å². The molecule has 11 heteroatoms. The van der Waals surface area contributed by atoms with Crippen molar-refractivity contribution in [2.75, 3.05) is 11.6 Å². The maximum Gasteiger partial charge on any atom is 0.333 e. The minimum absolute atomic E-state index is 0.0351. The van der Waals surface area contributed by atoms with Gasteiger partial charge in [0.15, 0.2) is 15.7 Å². The number of aromatic nitrogens is 2. The van der Waals surface area contributed by atoms with Gasteiger partial charge >= 0.3 is 6.55 Å². The number of allylic oxidation sites excluding steroid dienone is 1. The fourth-order valence-corrected chi connectivity index (χ4v) is 3.85. The van der Waals surface area contributed by atoms with E-state index < -0.39 is 40.6 Å². The van der Waals surface area contributed by atoms with Gasteiger partial charge in [-0.15, -0.1) is 0 Å². The van der Waals surface area contributed by atoms with Crippen LogP contribution in [0.1, 0.15) is 25.0 Å². The zero-order valence-electron chi connectivity index (χ0n) is 15.8. The van der Waals surface area contributed by atoms with Crippen molar-refractivity contribution in [3.63, 3.8) is 0 Å². The lowest BCUT2D eigenvalue weighted by Crippen LogP contribution is -2.15. The van der Waals surface area contributed by atoms with Crippen LogP contribution in [0.15, 0.2) is 47.5 Å². The van der Waals surface area contributed by atoms with Gasteiger partial charge in [0.2, 0.25) is 0 Å². The quantitative estimate of drug-likeness (QED) is 0.542. The number of benzene rings is 1. The number of carbonyl (C=O) groups is 1. The molecule has 1 N–H and O–H groups in total. The molecule has 2 aromatic rings. The molecule has 1 heterocycles. The number of hydrogen-bond acceptors (Lipinski definition) is 4.